The highest BCUT2D eigenvalue weighted by Gasteiger charge is 2.26. The third kappa shape index (κ3) is 3.24. The summed E-state index contributed by atoms with van der Waals surface area (Å²) in [5.74, 6) is -4.35. The highest BCUT2D eigenvalue weighted by molar-refractivity contribution is 14.1. The monoisotopic (exact) mass is 401 g/mol. The molecule has 0 heterocycles. The fourth-order valence-electron chi connectivity index (χ4n) is 1.85. The third-order valence-electron chi connectivity index (χ3n) is 2.86. The van der Waals surface area contributed by atoms with Crippen molar-refractivity contribution in [2.75, 3.05) is 0 Å². The summed E-state index contributed by atoms with van der Waals surface area (Å²) in [5, 5.41) is 9.14. The molecule has 6 heteroatoms. The van der Waals surface area contributed by atoms with E-state index in [4.69, 9.17) is 5.26 Å². The molecule has 106 valence electrons. The average Bonchev–Trinajstić information content (AvgIpc) is 2.41. The van der Waals surface area contributed by atoms with Crippen LogP contribution >= 0.6 is 22.6 Å². The van der Waals surface area contributed by atoms with Gasteiger partial charge in [-0.3, -0.25) is 4.79 Å². The molecule has 0 bridgehead atoms. The summed E-state index contributed by atoms with van der Waals surface area (Å²) in [6.07, 6.45) is 0. The second-order valence-electron chi connectivity index (χ2n) is 4.22. The maximum absolute atomic E-state index is 13.7. The van der Waals surface area contributed by atoms with E-state index in [0.717, 1.165) is 24.3 Å². The van der Waals surface area contributed by atoms with Crippen LogP contribution in [0, 0.1) is 32.4 Å². The molecule has 1 unspecified atom stereocenters. The van der Waals surface area contributed by atoms with E-state index in [1.54, 1.807) is 28.7 Å². The zero-order valence-electron chi connectivity index (χ0n) is 10.4. The number of Topliss-reactive ketones (excluding diaryl/α,β-unsaturated/α-hetero) is 1. The summed E-state index contributed by atoms with van der Waals surface area (Å²) in [6.45, 7) is 0. The van der Waals surface area contributed by atoms with E-state index in [1.807, 2.05) is 0 Å². The van der Waals surface area contributed by atoms with Gasteiger partial charge in [-0.15, -0.1) is 0 Å². The number of carbonyl (C=O) groups is 1. The van der Waals surface area contributed by atoms with E-state index < -0.39 is 29.2 Å². The second-order valence-corrected chi connectivity index (χ2v) is 5.38. The molecular formula is C15H7F3INO. The molecule has 2 aromatic carbocycles. The first-order chi connectivity index (χ1) is 9.93. The van der Waals surface area contributed by atoms with Crippen LogP contribution in [0.15, 0.2) is 36.4 Å². The number of rotatable bonds is 3. The molecule has 0 aliphatic heterocycles. The molecule has 2 aromatic rings. The maximum atomic E-state index is 13.7. The highest BCUT2D eigenvalue weighted by atomic mass is 127. The molecule has 0 radical (unpaired) electrons. The van der Waals surface area contributed by atoms with Gasteiger partial charge >= 0.3 is 0 Å². The summed E-state index contributed by atoms with van der Waals surface area (Å²) >= 11 is 1.76. The molecule has 0 saturated heterocycles. The van der Waals surface area contributed by atoms with Crippen LogP contribution in [0.3, 0.4) is 0 Å². The van der Waals surface area contributed by atoms with Crippen molar-refractivity contribution >= 4 is 28.4 Å². The molecule has 0 saturated carbocycles. The van der Waals surface area contributed by atoms with Gasteiger partial charge in [-0.05, 0) is 46.9 Å². The normalized spacial score (nSPS) is 11.8. The van der Waals surface area contributed by atoms with E-state index >= 15 is 0 Å². The van der Waals surface area contributed by atoms with Gasteiger partial charge in [-0.1, -0.05) is 6.07 Å². The van der Waals surface area contributed by atoms with E-state index in [9.17, 15) is 18.0 Å². The third-order valence-corrected chi connectivity index (χ3v) is 3.75. The number of nitriles is 1. The Balaban J connectivity index is 2.46. The van der Waals surface area contributed by atoms with Crippen LogP contribution in [-0.2, 0) is 0 Å². The molecule has 2 nitrogen and oxygen atoms in total. The van der Waals surface area contributed by atoms with Gasteiger partial charge in [-0.2, -0.15) is 5.26 Å². The quantitative estimate of drug-likeness (QED) is 0.572. The lowest BCUT2D eigenvalue weighted by Gasteiger charge is -2.11. The summed E-state index contributed by atoms with van der Waals surface area (Å²) in [5.41, 5.74) is -0.0868. The summed E-state index contributed by atoms with van der Waals surface area (Å²) in [4.78, 5) is 12.3. The second kappa shape index (κ2) is 6.26. The van der Waals surface area contributed by atoms with Crippen molar-refractivity contribution in [1.82, 2.24) is 0 Å². The van der Waals surface area contributed by atoms with Crippen LogP contribution in [0.4, 0.5) is 13.2 Å². The largest absolute Gasteiger partial charge is 0.292 e. The van der Waals surface area contributed by atoms with Crippen molar-refractivity contribution in [2.24, 2.45) is 0 Å². The van der Waals surface area contributed by atoms with Crippen molar-refractivity contribution in [1.29, 1.82) is 5.26 Å². The molecule has 2 rings (SSSR count). The lowest BCUT2D eigenvalue weighted by Crippen LogP contribution is -2.14. The van der Waals surface area contributed by atoms with Gasteiger partial charge in [0, 0.05) is 20.8 Å². The van der Waals surface area contributed by atoms with Crippen LogP contribution in [-0.4, -0.2) is 5.78 Å². The molecule has 0 aliphatic carbocycles. The molecule has 0 amide bonds. The molecular weight excluding hydrogens is 394 g/mol. The fourth-order valence-corrected chi connectivity index (χ4v) is 2.59. The Kier molecular flexibility index (Phi) is 4.63. The van der Waals surface area contributed by atoms with Crippen molar-refractivity contribution in [2.45, 2.75) is 5.92 Å². The lowest BCUT2D eigenvalue weighted by molar-refractivity contribution is 0.0976. The Morgan fingerprint density at radius 2 is 1.71 bits per heavy atom. The number of carbonyl (C=O) groups excluding carboxylic acids is 1. The van der Waals surface area contributed by atoms with Gasteiger partial charge in [0.25, 0.3) is 0 Å². The van der Waals surface area contributed by atoms with E-state index in [1.165, 1.54) is 6.07 Å². The average molecular weight is 401 g/mol. The lowest BCUT2D eigenvalue weighted by atomic mass is 9.91. The van der Waals surface area contributed by atoms with Crippen LogP contribution in [0.25, 0.3) is 0 Å². The first-order valence-corrected chi connectivity index (χ1v) is 6.85. The van der Waals surface area contributed by atoms with Crippen molar-refractivity contribution in [3.05, 3.63) is 68.5 Å². The van der Waals surface area contributed by atoms with Gasteiger partial charge in [0.2, 0.25) is 0 Å². The predicted octanol–water partition coefficient (Wildman–Crippen LogP) is 4.20. The molecule has 1 atom stereocenters. The van der Waals surface area contributed by atoms with Gasteiger partial charge in [0.15, 0.2) is 5.78 Å². The summed E-state index contributed by atoms with van der Waals surface area (Å²) in [7, 11) is 0. The summed E-state index contributed by atoms with van der Waals surface area (Å²) < 4.78 is 40.0. The topological polar surface area (TPSA) is 40.9 Å². The highest BCUT2D eigenvalue weighted by Crippen LogP contribution is 2.26. The van der Waals surface area contributed by atoms with Crippen LogP contribution in [0.5, 0.6) is 0 Å². The van der Waals surface area contributed by atoms with E-state index in [0.29, 0.717) is 9.64 Å². The van der Waals surface area contributed by atoms with E-state index in [-0.39, 0.29) is 11.1 Å². The molecule has 0 aliphatic rings. The Hall–Kier alpha value is -1.88. The Morgan fingerprint density at radius 1 is 1.10 bits per heavy atom. The Bertz CT molecular complexity index is 755. The van der Waals surface area contributed by atoms with Crippen LogP contribution < -0.4 is 0 Å². The number of ketones is 1. The van der Waals surface area contributed by atoms with Gasteiger partial charge in [-0.25, -0.2) is 13.2 Å². The fraction of sp³-hybridized carbons (Fsp3) is 0.0667. The smallest absolute Gasteiger partial charge is 0.185 e. The molecule has 0 spiro atoms. The number of nitrogens with zero attached hydrogens (tertiary/aromatic N) is 1. The summed E-state index contributed by atoms with van der Waals surface area (Å²) in [6, 6.07) is 7.84. The molecule has 0 N–H and O–H groups in total. The Labute approximate surface area is 132 Å². The van der Waals surface area contributed by atoms with Gasteiger partial charge in [0.1, 0.15) is 23.4 Å². The molecule has 21 heavy (non-hydrogen) atoms. The molecule has 0 aromatic heterocycles. The minimum Gasteiger partial charge on any atom is -0.292 e. The minimum atomic E-state index is -1.41. The molecule has 0 fully saturated rings. The van der Waals surface area contributed by atoms with Crippen molar-refractivity contribution in [3.63, 3.8) is 0 Å². The minimum absolute atomic E-state index is 0.118. The number of hydrogen-bond donors (Lipinski definition) is 0. The van der Waals surface area contributed by atoms with Gasteiger partial charge in [0.05, 0.1) is 6.07 Å². The predicted molar refractivity (Wildman–Crippen MR) is 78.2 cm³/mol. The Morgan fingerprint density at radius 3 is 2.29 bits per heavy atom. The first kappa shape index (κ1) is 15.5. The van der Waals surface area contributed by atoms with Crippen molar-refractivity contribution in [3.8, 4) is 6.07 Å². The first-order valence-electron chi connectivity index (χ1n) is 5.78. The van der Waals surface area contributed by atoms with Crippen LogP contribution in [0.2, 0.25) is 0 Å². The maximum Gasteiger partial charge on any atom is 0.185 e. The number of halogens is 4. The van der Waals surface area contributed by atoms with Gasteiger partial charge < -0.3 is 0 Å². The van der Waals surface area contributed by atoms with E-state index in [2.05, 4.69) is 0 Å². The SMILES string of the molecule is N#CC(C(=O)c1ccc(F)cc1I)c1ccc(F)cc1F. The number of hydrogen-bond acceptors (Lipinski definition) is 2. The number of benzene rings is 2. The zero-order chi connectivity index (χ0) is 15.6. The standard InChI is InChI=1S/C15H7F3INO/c16-8-1-3-10(13(18)5-8)12(7-20)15(21)11-4-2-9(17)6-14(11)19/h1-6,12H. The zero-order valence-corrected chi connectivity index (χ0v) is 12.6. The van der Waals surface area contributed by atoms with Crippen molar-refractivity contribution < 1.29 is 18.0 Å². The van der Waals surface area contributed by atoms with Crippen LogP contribution in [0.1, 0.15) is 21.8 Å².